The lowest BCUT2D eigenvalue weighted by molar-refractivity contribution is -0.137. The average Bonchev–Trinajstić information content (AvgIpc) is 2.14. The Labute approximate surface area is 90.9 Å². The van der Waals surface area contributed by atoms with Gasteiger partial charge < -0.3 is 0 Å². The molecule has 0 spiro atoms. The molecule has 88 valence electrons. The molecule has 3 nitrogen and oxygen atoms in total. The lowest BCUT2D eigenvalue weighted by atomic mass is 10.2. The van der Waals surface area contributed by atoms with Crippen LogP contribution in [0.2, 0.25) is 0 Å². The molecular weight excluding hydrogens is 241 g/mol. The molecule has 1 aromatic heterocycles. The zero-order valence-electron chi connectivity index (χ0n) is 8.20. The monoisotopic (exact) mass is 250 g/mol. The van der Waals surface area contributed by atoms with Crippen molar-refractivity contribution in [1.82, 2.24) is 4.98 Å². The first-order chi connectivity index (χ1) is 7.41. The number of nitrogens with zero attached hydrogens (tertiary/aromatic N) is 2. The number of halogens is 3. The third-order valence-electron chi connectivity index (χ3n) is 2.27. The molecule has 1 saturated heterocycles. The first-order valence-electron chi connectivity index (χ1n) is 4.65. The van der Waals surface area contributed by atoms with Crippen LogP contribution in [0, 0.1) is 0 Å². The topological polar surface area (TPSA) is 42.3 Å². The van der Waals surface area contributed by atoms with Crippen molar-refractivity contribution in [3.8, 4) is 0 Å². The fraction of sp³-hybridized carbons (Fsp3) is 0.444. The molecule has 1 fully saturated rings. The van der Waals surface area contributed by atoms with Crippen molar-refractivity contribution in [2.75, 3.05) is 11.5 Å². The number of hydrogen-bond acceptors (Lipinski definition) is 3. The molecule has 0 bridgehead atoms. The SMILES string of the molecule is O=S1(=Nc2ncccc2C(F)(F)F)CCC1. The molecular formula is C9H9F3N2OS. The van der Waals surface area contributed by atoms with Gasteiger partial charge in [-0.25, -0.2) is 9.19 Å². The Morgan fingerprint density at radius 3 is 2.56 bits per heavy atom. The van der Waals surface area contributed by atoms with Crippen LogP contribution in [0.3, 0.4) is 0 Å². The smallest absolute Gasteiger partial charge is 0.249 e. The molecule has 0 unspecified atom stereocenters. The number of rotatable bonds is 1. The van der Waals surface area contributed by atoms with Crippen LogP contribution in [0.15, 0.2) is 22.7 Å². The van der Waals surface area contributed by atoms with E-state index in [1.54, 1.807) is 0 Å². The van der Waals surface area contributed by atoms with Gasteiger partial charge in [0.15, 0.2) is 5.82 Å². The molecule has 0 atom stereocenters. The summed E-state index contributed by atoms with van der Waals surface area (Å²) in [7, 11) is -2.46. The van der Waals surface area contributed by atoms with Crippen molar-refractivity contribution in [1.29, 1.82) is 0 Å². The predicted molar refractivity (Wildman–Crippen MR) is 53.8 cm³/mol. The van der Waals surface area contributed by atoms with Crippen molar-refractivity contribution in [2.45, 2.75) is 12.6 Å². The minimum Gasteiger partial charge on any atom is -0.249 e. The van der Waals surface area contributed by atoms with Gasteiger partial charge in [-0.3, -0.25) is 0 Å². The summed E-state index contributed by atoms with van der Waals surface area (Å²) < 4.78 is 53.0. The van der Waals surface area contributed by atoms with Gasteiger partial charge >= 0.3 is 6.18 Å². The number of pyridine rings is 1. The molecule has 0 N–H and O–H groups in total. The fourth-order valence-electron chi connectivity index (χ4n) is 1.33. The van der Waals surface area contributed by atoms with Crippen LogP contribution in [-0.2, 0) is 15.9 Å². The second kappa shape index (κ2) is 3.73. The van der Waals surface area contributed by atoms with E-state index < -0.39 is 27.3 Å². The summed E-state index contributed by atoms with van der Waals surface area (Å²) in [5.74, 6) is 0.265. The maximum Gasteiger partial charge on any atom is 0.420 e. The number of hydrogen-bond donors (Lipinski definition) is 0. The van der Waals surface area contributed by atoms with Crippen LogP contribution in [-0.4, -0.2) is 20.7 Å². The third kappa shape index (κ3) is 2.18. The molecule has 2 rings (SSSR count). The minimum absolute atomic E-state index is 0.362. The van der Waals surface area contributed by atoms with Crippen molar-refractivity contribution < 1.29 is 17.4 Å². The van der Waals surface area contributed by atoms with Gasteiger partial charge in [0.25, 0.3) is 0 Å². The molecule has 7 heteroatoms. The molecule has 16 heavy (non-hydrogen) atoms. The van der Waals surface area contributed by atoms with Crippen LogP contribution < -0.4 is 0 Å². The average molecular weight is 250 g/mol. The van der Waals surface area contributed by atoms with Crippen LogP contribution >= 0.6 is 0 Å². The summed E-state index contributed by atoms with van der Waals surface area (Å²) >= 11 is 0. The fourth-order valence-corrected chi connectivity index (χ4v) is 2.76. The summed E-state index contributed by atoms with van der Waals surface area (Å²) in [4.78, 5) is 3.55. The summed E-state index contributed by atoms with van der Waals surface area (Å²) in [6.45, 7) is 0. The largest absolute Gasteiger partial charge is 0.420 e. The Kier molecular flexibility index (Phi) is 2.65. The quantitative estimate of drug-likeness (QED) is 0.768. The number of aromatic nitrogens is 1. The number of alkyl halides is 3. The molecule has 0 amide bonds. The van der Waals surface area contributed by atoms with Crippen molar-refractivity contribution >= 4 is 15.5 Å². The minimum atomic E-state index is -4.51. The summed E-state index contributed by atoms with van der Waals surface area (Å²) in [5.41, 5.74) is -0.926. The van der Waals surface area contributed by atoms with E-state index in [9.17, 15) is 17.4 Å². The van der Waals surface area contributed by atoms with E-state index in [4.69, 9.17) is 0 Å². The van der Waals surface area contributed by atoms with Gasteiger partial charge in [0.1, 0.15) is 5.56 Å². The van der Waals surface area contributed by atoms with Gasteiger partial charge in [0.2, 0.25) is 0 Å². The van der Waals surface area contributed by atoms with Crippen molar-refractivity contribution in [2.24, 2.45) is 4.36 Å². The second-order valence-corrected chi connectivity index (χ2v) is 6.04. The molecule has 2 heterocycles. The van der Waals surface area contributed by atoms with E-state index in [1.807, 2.05) is 0 Å². The molecule has 1 aromatic rings. The molecule has 0 aliphatic carbocycles. The summed E-state index contributed by atoms with van der Waals surface area (Å²) in [6, 6.07) is 2.09. The zero-order chi connectivity index (χ0) is 11.8. The maximum atomic E-state index is 12.6. The highest BCUT2D eigenvalue weighted by Gasteiger charge is 2.35. The predicted octanol–water partition coefficient (Wildman–Crippen LogP) is 2.60. The Hall–Kier alpha value is -1.11. The van der Waals surface area contributed by atoms with E-state index in [0.717, 1.165) is 12.5 Å². The first kappa shape index (κ1) is 11.4. The second-order valence-electron chi connectivity index (χ2n) is 3.50. The van der Waals surface area contributed by atoms with Crippen LogP contribution in [0.4, 0.5) is 19.0 Å². The maximum absolute atomic E-state index is 12.6. The normalized spacial score (nSPS) is 18.9. The standard InChI is InChI=1S/C9H9F3N2OS/c10-9(11,12)7-3-1-4-13-8(7)14-16(15)5-2-6-16/h1,3-4H,2,5-6H2. The van der Waals surface area contributed by atoms with E-state index in [2.05, 4.69) is 9.35 Å². The highest BCUT2D eigenvalue weighted by Crippen LogP contribution is 2.35. The van der Waals surface area contributed by atoms with Crippen LogP contribution in [0.25, 0.3) is 0 Å². The van der Waals surface area contributed by atoms with Gasteiger partial charge in [-0.15, -0.1) is 0 Å². The van der Waals surface area contributed by atoms with Crippen molar-refractivity contribution in [3.63, 3.8) is 0 Å². The highest BCUT2D eigenvalue weighted by atomic mass is 32.2. The third-order valence-corrected chi connectivity index (χ3v) is 4.63. The van der Waals surface area contributed by atoms with Gasteiger partial charge in [-0.2, -0.15) is 17.5 Å². The van der Waals surface area contributed by atoms with Crippen LogP contribution in [0.5, 0.6) is 0 Å². The lowest BCUT2D eigenvalue weighted by Gasteiger charge is -2.18. The first-order valence-corrected chi connectivity index (χ1v) is 6.51. The van der Waals surface area contributed by atoms with Crippen LogP contribution in [0.1, 0.15) is 12.0 Å². The summed E-state index contributed by atoms with van der Waals surface area (Å²) in [6.07, 6.45) is -2.54. The van der Waals surface area contributed by atoms with E-state index in [0.29, 0.717) is 11.5 Å². The highest BCUT2D eigenvalue weighted by molar-refractivity contribution is 7.95. The van der Waals surface area contributed by atoms with E-state index in [-0.39, 0.29) is 0 Å². The van der Waals surface area contributed by atoms with Gasteiger partial charge in [-0.05, 0) is 18.6 Å². The molecule has 0 aromatic carbocycles. The molecule has 1 aliphatic heterocycles. The Morgan fingerprint density at radius 1 is 1.38 bits per heavy atom. The van der Waals surface area contributed by atoms with Gasteiger partial charge in [0.05, 0.1) is 9.73 Å². The van der Waals surface area contributed by atoms with Gasteiger partial charge in [-0.1, -0.05) is 0 Å². The van der Waals surface area contributed by atoms with Gasteiger partial charge in [0, 0.05) is 17.7 Å². The summed E-state index contributed by atoms with van der Waals surface area (Å²) in [5, 5.41) is 0. The zero-order valence-corrected chi connectivity index (χ0v) is 9.01. The van der Waals surface area contributed by atoms with E-state index >= 15 is 0 Å². The Morgan fingerprint density at radius 2 is 2.06 bits per heavy atom. The Bertz CT molecular complexity index is 508. The molecule has 0 radical (unpaired) electrons. The van der Waals surface area contributed by atoms with E-state index in [1.165, 1.54) is 12.3 Å². The lowest BCUT2D eigenvalue weighted by Crippen LogP contribution is -2.23. The Balaban J connectivity index is 2.50. The molecule has 1 aliphatic rings. The van der Waals surface area contributed by atoms with Crippen molar-refractivity contribution in [3.05, 3.63) is 23.9 Å². The molecule has 0 saturated carbocycles.